The normalized spacial score (nSPS) is 12.1. The fourth-order valence-electron chi connectivity index (χ4n) is 1.17. The Hall–Kier alpha value is -1.89. The molecule has 1 aromatic heterocycles. The number of hydrogen-bond donors (Lipinski definition) is 3. The van der Waals surface area contributed by atoms with Gasteiger partial charge in [-0.25, -0.2) is 4.79 Å². The molecule has 0 aliphatic heterocycles. The van der Waals surface area contributed by atoms with Crippen LogP contribution in [0.2, 0.25) is 0 Å². The topological polar surface area (TPSA) is 104 Å². The number of aliphatic carboxylic acids is 1. The molecule has 7 heteroatoms. The van der Waals surface area contributed by atoms with E-state index in [-0.39, 0.29) is 19.6 Å². The Bertz CT molecular complexity index is 350. The Labute approximate surface area is 91.7 Å². The van der Waals surface area contributed by atoms with Gasteiger partial charge in [-0.2, -0.15) is 5.10 Å². The van der Waals surface area contributed by atoms with E-state index in [1.54, 1.807) is 12.3 Å². The van der Waals surface area contributed by atoms with Crippen molar-refractivity contribution in [2.45, 2.75) is 19.0 Å². The predicted molar refractivity (Wildman–Crippen MR) is 53.5 cm³/mol. The maximum atomic E-state index is 11.4. The fourth-order valence-corrected chi connectivity index (χ4v) is 1.17. The summed E-state index contributed by atoms with van der Waals surface area (Å²) in [5.41, 5.74) is 0. The van der Waals surface area contributed by atoms with E-state index in [1.807, 2.05) is 0 Å². The van der Waals surface area contributed by atoms with Gasteiger partial charge in [0.25, 0.3) is 0 Å². The van der Waals surface area contributed by atoms with Gasteiger partial charge in [0.15, 0.2) is 0 Å². The Balaban J connectivity index is 2.45. The van der Waals surface area contributed by atoms with E-state index in [1.165, 1.54) is 10.9 Å². The summed E-state index contributed by atoms with van der Waals surface area (Å²) in [7, 11) is 0. The third kappa shape index (κ3) is 3.70. The quantitative estimate of drug-likeness (QED) is 0.568. The van der Waals surface area contributed by atoms with Crippen LogP contribution in [0.5, 0.6) is 0 Å². The van der Waals surface area contributed by atoms with Crippen molar-refractivity contribution in [3.05, 3.63) is 18.5 Å². The lowest BCUT2D eigenvalue weighted by Crippen LogP contribution is -2.42. The number of nitrogens with zero attached hydrogens (tertiary/aromatic N) is 2. The first-order valence-corrected chi connectivity index (χ1v) is 4.74. The molecule has 1 aromatic rings. The van der Waals surface area contributed by atoms with Crippen LogP contribution in [-0.4, -0.2) is 44.5 Å². The highest BCUT2D eigenvalue weighted by molar-refractivity contribution is 5.83. The van der Waals surface area contributed by atoms with Crippen molar-refractivity contribution in [2.75, 3.05) is 6.61 Å². The van der Waals surface area contributed by atoms with Gasteiger partial charge < -0.3 is 15.5 Å². The van der Waals surface area contributed by atoms with Crippen LogP contribution in [-0.2, 0) is 16.1 Å². The maximum Gasteiger partial charge on any atom is 0.326 e. The van der Waals surface area contributed by atoms with E-state index >= 15 is 0 Å². The van der Waals surface area contributed by atoms with Crippen LogP contribution in [0.4, 0.5) is 0 Å². The molecular weight excluding hydrogens is 214 g/mol. The molecule has 1 heterocycles. The maximum absolute atomic E-state index is 11.4. The molecule has 3 N–H and O–H groups in total. The highest BCUT2D eigenvalue weighted by atomic mass is 16.4. The molecule has 0 bridgehead atoms. The number of rotatable bonds is 6. The summed E-state index contributed by atoms with van der Waals surface area (Å²) in [4.78, 5) is 22.1. The van der Waals surface area contributed by atoms with E-state index in [0.29, 0.717) is 0 Å². The fraction of sp³-hybridized carbons (Fsp3) is 0.444. The number of aromatic nitrogens is 2. The molecule has 1 rings (SSSR count). The lowest BCUT2D eigenvalue weighted by molar-refractivity contribution is -0.142. The van der Waals surface area contributed by atoms with Crippen molar-refractivity contribution in [2.24, 2.45) is 0 Å². The zero-order valence-corrected chi connectivity index (χ0v) is 8.54. The monoisotopic (exact) mass is 227 g/mol. The second-order valence-corrected chi connectivity index (χ2v) is 3.17. The first kappa shape index (κ1) is 12.2. The largest absolute Gasteiger partial charge is 0.480 e. The number of aliphatic hydroxyl groups excluding tert-OH is 1. The average molecular weight is 227 g/mol. The number of amides is 1. The van der Waals surface area contributed by atoms with Crippen LogP contribution in [0.15, 0.2) is 18.5 Å². The summed E-state index contributed by atoms with van der Waals surface area (Å²) >= 11 is 0. The second-order valence-electron chi connectivity index (χ2n) is 3.17. The molecule has 1 atom stereocenters. The third-order valence-corrected chi connectivity index (χ3v) is 1.92. The molecule has 0 saturated heterocycles. The zero-order chi connectivity index (χ0) is 12.0. The molecule has 0 fully saturated rings. The molecule has 1 amide bonds. The number of carbonyl (C=O) groups excluding carboxylic acids is 1. The molecule has 88 valence electrons. The molecule has 0 radical (unpaired) electrons. The van der Waals surface area contributed by atoms with E-state index < -0.39 is 17.9 Å². The third-order valence-electron chi connectivity index (χ3n) is 1.92. The van der Waals surface area contributed by atoms with Crippen LogP contribution >= 0.6 is 0 Å². The number of carbonyl (C=O) groups is 2. The molecule has 7 nitrogen and oxygen atoms in total. The van der Waals surface area contributed by atoms with Crippen molar-refractivity contribution in [1.82, 2.24) is 15.1 Å². The lowest BCUT2D eigenvalue weighted by atomic mass is 10.2. The Morgan fingerprint density at radius 1 is 1.50 bits per heavy atom. The van der Waals surface area contributed by atoms with E-state index in [4.69, 9.17) is 10.2 Å². The average Bonchev–Trinajstić information content (AvgIpc) is 2.69. The van der Waals surface area contributed by atoms with Crippen LogP contribution in [0.1, 0.15) is 6.42 Å². The summed E-state index contributed by atoms with van der Waals surface area (Å²) in [6.45, 7) is -0.332. The van der Waals surface area contributed by atoms with Gasteiger partial charge in [0.1, 0.15) is 12.6 Å². The minimum Gasteiger partial charge on any atom is -0.480 e. The van der Waals surface area contributed by atoms with Crippen molar-refractivity contribution in [1.29, 1.82) is 0 Å². The highest BCUT2D eigenvalue weighted by Gasteiger charge is 2.19. The molecule has 16 heavy (non-hydrogen) atoms. The number of hydrogen-bond acceptors (Lipinski definition) is 4. The number of carboxylic acid groups (broad SMARTS) is 1. The minimum atomic E-state index is -1.16. The first-order valence-electron chi connectivity index (χ1n) is 4.74. The Morgan fingerprint density at radius 3 is 2.75 bits per heavy atom. The van der Waals surface area contributed by atoms with Gasteiger partial charge in [-0.15, -0.1) is 0 Å². The van der Waals surface area contributed by atoms with Gasteiger partial charge in [0.05, 0.1) is 0 Å². The summed E-state index contributed by atoms with van der Waals surface area (Å²) in [5, 5.41) is 23.5. The molecular formula is C9H13N3O4. The SMILES string of the molecule is O=C(Cn1cccn1)NC(CCO)C(=O)O. The predicted octanol–water partition coefficient (Wildman–Crippen LogP) is -1.17. The summed E-state index contributed by atoms with van der Waals surface area (Å²) in [5.74, 6) is -1.62. The van der Waals surface area contributed by atoms with Gasteiger partial charge in [-0.1, -0.05) is 0 Å². The Morgan fingerprint density at radius 2 is 2.25 bits per heavy atom. The highest BCUT2D eigenvalue weighted by Crippen LogP contribution is 1.92. The first-order chi connectivity index (χ1) is 7.63. The van der Waals surface area contributed by atoms with E-state index in [0.717, 1.165) is 0 Å². The van der Waals surface area contributed by atoms with Crippen molar-refractivity contribution < 1.29 is 19.8 Å². The summed E-state index contributed by atoms with van der Waals surface area (Å²) in [6, 6.07) is 0.600. The van der Waals surface area contributed by atoms with Gasteiger partial charge in [-0.05, 0) is 6.07 Å². The van der Waals surface area contributed by atoms with Gasteiger partial charge in [0, 0.05) is 25.4 Å². The van der Waals surface area contributed by atoms with Crippen molar-refractivity contribution in [3.8, 4) is 0 Å². The van der Waals surface area contributed by atoms with Gasteiger partial charge in [-0.3, -0.25) is 9.48 Å². The van der Waals surface area contributed by atoms with Crippen LogP contribution in [0.25, 0.3) is 0 Å². The summed E-state index contributed by atoms with van der Waals surface area (Å²) in [6.07, 6.45) is 3.11. The van der Waals surface area contributed by atoms with Gasteiger partial charge >= 0.3 is 5.97 Å². The van der Waals surface area contributed by atoms with Gasteiger partial charge in [0.2, 0.25) is 5.91 Å². The number of nitrogens with one attached hydrogen (secondary N) is 1. The van der Waals surface area contributed by atoms with Crippen LogP contribution in [0, 0.1) is 0 Å². The number of carboxylic acids is 1. The van der Waals surface area contributed by atoms with E-state index in [2.05, 4.69) is 10.4 Å². The smallest absolute Gasteiger partial charge is 0.326 e. The van der Waals surface area contributed by atoms with Crippen LogP contribution in [0.3, 0.4) is 0 Å². The van der Waals surface area contributed by atoms with Crippen molar-refractivity contribution >= 4 is 11.9 Å². The Kier molecular flexibility index (Phi) is 4.46. The summed E-state index contributed by atoms with van der Waals surface area (Å²) < 4.78 is 1.38. The lowest BCUT2D eigenvalue weighted by Gasteiger charge is -2.12. The molecule has 0 aliphatic rings. The zero-order valence-electron chi connectivity index (χ0n) is 8.54. The molecule has 0 aliphatic carbocycles. The number of aliphatic hydroxyl groups is 1. The van der Waals surface area contributed by atoms with Crippen LogP contribution < -0.4 is 5.32 Å². The molecule has 1 unspecified atom stereocenters. The molecule has 0 saturated carbocycles. The second kappa shape index (κ2) is 5.86. The standard InChI is InChI=1S/C9H13N3O4/c13-5-2-7(9(15)16)11-8(14)6-12-4-1-3-10-12/h1,3-4,7,13H,2,5-6H2,(H,11,14)(H,15,16). The van der Waals surface area contributed by atoms with Crippen molar-refractivity contribution in [3.63, 3.8) is 0 Å². The molecule has 0 spiro atoms. The van der Waals surface area contributed by atoms with E-state index in [9.17, 15) is 9.59 Å². The minimum absolute atomic E-state index is 0.0137. The molecule has 0 aromatic carbocycles.